The number of aliphatic hydroxyl groups is 1. The van der Waals surface area contributed by atoms with Crippen LogP contribution in [0.3, 0.4) is 0 Å². The molecule has 0 spiro atoms. The monoisotopic (exact) mass is 418 g/mol. The molecule has 1 heterocycles. The molecule has 0 radical (unpaired) electrons. The molecule has 1 aliphatic rings. The van der Waals surface area contributed by atoms with Crippen LogP contribution in [0.5, 0.6) is 5.75 Å². The minimum atomic E-state index is -1.12. The summed E-state index contributed by atoms with van der Waals surface area (Å²) >= 11 is 3.18. The van der Waals surface area contributed by atoms with Gasteiger partial charge in [0.05, 0.1) is 18.0 Å². The van der Waals surface area contributed by atoms with E-state index < -0.39 is 6.10 Å². The lowest BCUT2D eigenvalue weighted by Gasteiger charge is -2.26. The Balaban J connectivity index is 2.02. The predicted octanol–water partition coefficient (Wildman–Crippen LogP) is 3.52. The molecule has 0 fully saturated rings. The van der Waals surface area contributed by atoms with E-state index >= 15 is 0 Å². The van der Waals surface area contributed by atoms with E-state index in [0.29, 0.717) is 6.54 Å². The minimum Gasteiger partial charge on any atom is -0.497 e. The second-order valence-electron chi connectivity index (χ2n) is 6.88. The molecular weight excluding hydrogens is 392 g/mol. The van der Waals surface area contributed by atoms with E-state index in [1.807, 2.05) is 55.6 Å². The van der Waals surface area contributed by atoms with E-state index in [1.54, 1.807) is 23.8 Å². The summed E-state index contributed by atoms with van der Waals surface area (Å²) in [5.74, 6) is 0.494. The van der Waals surface area contributed by atoms with E-state index in [1.165, 1.54) is 11.8 Å². The van der Waals surface area contributed by atoms with Gasteiger partial charge in [0.1, 0.15) is 11.9 Å². The van der Waals surface area contributed by atoms with Gasteiger partial charge in [0, 0.05) is 22.9 Å². The Morgan fingerprint density at radius 3 is 2.54 bits per heavy atom. The fraction of sp³-hybridized carbons (Fsp3) is 0.381. The van der Waals surface area contributed by atoms with Crippen LogP contribution in [0.4, 0.5) is 5.69 Å². The third-order valence-corrected chi connectivity index (χ3v) is 6.84. The molecule has 28 heavy (non-hydrogen) atoms. The van der Waals surface area contributed by atoms with Crippen molar-refractivity contribution in [1.29, 1.82) is 0 Å². The Bertz CT molecular complexity index is 827. The number of hydrogen-bond donors (Lipinski definition) is 1. The highest BCUT2D eigenvalue weighted by molar-refractivity contribution is 8.00. The molecule has 3 rings (SSSR count). The molecule has 2 aromatic carbocycles. The van der Waals surface area contributed by atoms with Crippen molar-refractivity contribution in [2.45, 2.75) is 21.1 Å². The van der Waals surface area contributed by atoms with Gasteiger partial charge in [0.25, 0.3) is 5.91 Å². The lowest BCUT2D eigenvalue weighted by molar-refractivity contribution is -0.126. The maximum atomic E-state index is 13.2. The smallest absolute Gasteiger partial charge is 0.257 e. The number of thioether (sulfide) groups is 2. The fourth-order valence-corrected chi connectivity index (χ4v) is 4.80. The van der Waals surface area contributed by atoms with Crippen molar-refractivity contribution in [1.82, 2.24) is 4.90 Å². The van der Waals surface area contributed by atoms with Crippen LogP contribution in [0, 0.1) is 0 Å². The van der Waals surface area contributed by atoms with Gasteiger partial charge in [0.15, 0.2) is 0 Å². The number of fused-ring (bicyclic) bond motifs is 1. The van der Waals surface area contributed by atoms with Gasteiger partial charge in [-0.05, 0) is 56.2 Å². The van der Waals surface area contributed by atoms with Crippen LogP contribution >= 0.6 is 23.5 Å². The van der Waals surface area contributed by atoms with Crippen LogP contribution in [0.15, 0.2) is 52.3 Å². The van der Waals surface area contributed by atoms with Gasteiger partial charge in [-0.3, -0.25) is 4.79 Å². The third-order valence-electron chi connectivity index (χ3n) is 4.73. The molecule has 0 bridgehead atoms. The number of nitrogens with zero attached hydrogens (tertiary/aromatic N) is 2. The molecule has 1 aliphatic heterocycles. The summed E-state index contributed by atoms with van der Waals surface area (Å²) in [6.07, 6.45) is 0.901. The molecule has 150 valence electrons. The number of methoxy groups -OCH3 is 1. The average Bonchev–Trinajstić information content (AvgIpc) is 2.81. The van der Waals surface area contributed by atoms with Gasteiger partial charge in [-0.1, -0.05) is 12.1 Å². The molecule has 0 saturated carbocycles. The number of amides is 1. The highest BCUT2D eigenvalue weighted by Gasteiger charge is 2.37. The topological polar surface area (TPSA) is 53.0 Å². The van der Waals surface area contributed by atoms with Gasteiger partial charge in [-0.25, -0.2) is 0 Å². The summed E-state index contributed by atoms with van der Waals surface area (Å²) < 4.78 is 5.23. The molecule has 1 N–H and O–H groups in total. The molecule has 0 aromatic heterocycles. The lowest BCUT2D eigenvalue weighted by Crippen LogP contribution is -2.43. The van der Waals surface area contributed by atoms with E-state index in [4.69, 9.17) is 4.74 Å². The molecule has 5 nitrogen and oxygen atoms in total. The zero-order valence-electron chi connectivity index (χ0n) is 16.6. The second kappa shape index (κ2) is 9.22. The van der Waals surface area contributed by atoms with E-state index in [2.05, 4.69) is 12.1 Å². The summed E-state index contributed by atoms with van der Waals surface area (Å²) in [6, 6.07) is 13.7. The first-order valence-corrected chi connectivity index (χ1v) is 11.2. The molecule has 7 heteroatoms. The summed E-state index contributed by atoms with van der Waals surface area (Å²) in [5, 5.41) is 10.6. The largest absolute Gasteiger partial charge is 0.497 e. The van der Waals surface area contributed by atoms with Gasteiger partial charge in [0.2, 0.25) is 0 Å². The van der Waals surface area contributed by atoms with Crippen molar-refractivity contribution in [2.24, 2.45) is 0 Å². The number of benzene rings is 2. The Kier molecular flexibility index (Phi) is 6.93. The van der Waals surface area contributed by atoms with Crippen LogP contribution in [0.2, 0.25) is 0 Å². The van der Waals surface area contributed by atoms with Crippen molar-refractivity contribution in [3.05, 3.63) is 48.0 Å². The number of rotatable bonds is 6. The van der Waals surface area contributed by atoms with Crippen LogP contribution in [-0.2, 0) is 4.79 Å². The summed E-state index contributed by atoms with van der Waals surface area (Å²) in [7, 11) is 5.58. The Morgan fingerprint density at radius 2 is 1.93 bits per heavy atom. The highest BCUT2D eigenvalue weighted by atomic mass is 32.2. The van der Waals surface area contributed by atoms with Crippen molar-refractivity contribution in [3.8, 4) is 5.75 Å². The third kappa shape index (κ3) is 4.49. The number of aliphatic hydroxyl groups excluding tert-OH is 1. The number of likely N-dealkylation sites (N-methyl/N-ethyl adjacent to an activating group) is 1. The highest BCUT2D eigenvalue weighted by Crippen LogP contribution is 2.46. The summed E-state index contributed by atoms with van der Waals surface area (Å²) in [5.41, 5.74) is 1.78. The minimum absolute atomic E-state index is 0.257. The Labute approximate surface area is 175 Å². The molecule has 2 aromatic rings. The maximum Gasteiger partial charge on any atom is 0.257 e. The number of hydrogen-bond acceptors (Lipinski definition) is 6. The molecular formula is C21H26N2O3S2. The first-order chi connectivity index (χ1) is 13.4. The quantitative estimate of drug-likeness (QED) is 0.725. The van der Waals surface area contributed by atoms with E-state index in [-0.39, 0.29) is 11.2 Å². The van der Waals surface area contributed by atoms with Crippen molar-refractivity contribution < 1.29 is 14.6 Å². The Hall–Kier alpha value is -1.67. The van der Waals surface area contributed by atoms with Gasteiger partial charge >= 0.3 is 0 Å². The van der Waals surface area contributed by atoms with Crippen LogP contribution in [-0.4, -0.2) is 62.6 Å². The van der Waals surface area contributed by atoms with Crippen molar-refractivity contribution >= 4 is 35.1 Å². The van der Waals surface area contributed by atoms with E-state index in [9.17, 15) is 9.90 Å². The van der Waals surface area contributed by atoms with Crippen LogP contribution < -0.4 is 9.64 Å². The maximum absolute atomic E-state index is 13.2. The molecule has 1 amide bonds. The fourth-order valence-electron chi connectivity index (χ4n) is 3.12. The van der Waals surface area contributed by atoms with Gasteiger partial charge in [-0.15, -0.1) is 23.5 Å². The summed E-state index contributed by atoms with van der Waals surface area (Å²) in [4.78, 5) is 19.1. The SMILES string of the molecule is COc1ccc([C@H]2Sc3ccc(SC)cc3N(CCN(C)C)C(=O)[C@H]2O)cc1. The number of carbonyl (C=O) groups excluding carboxylic acids is 1. The number of ether oxygens (including phenoxy) is 1. The van der Waals surface area contributed by atoms with Gasteiger partial charge < -0.3 is 19.6 Å². The predicted molar refractivity (Wildman–Crippen MR) is 117 cm³/mol. The number of anilines is 1. The lowest BCUT2D eigenvalue weighted by atomic mass is 10.1. The molecule has 0 unspecified atom stereocenters. The van der Waals surface area contributed by atoms with Crippen molar-refractivity contribution in [2.75, 3.05) is 45.5 Å². The van der Waals surface area contributed by atoms with E-state index in [0.717, 1.165) is 33.3 Å². The first-order valence-electron chi connectivity index (χ1n) is 9.07. The normalized spacial score (nSPS) is 19.5. The van der Waals surface area contributed by atoms with Crippen molar-refractivity contribution in [3.63, 3.8) is 0 Å². The molecule has 0 aliphatic carbocycles. The Morgan fingerprint density at radius 1 is 1.21 bits per heavy atom. The van der Waals surface area contributed by atoms with Crippen LogP contribution in [0.1, 0.15) is 10.8 Å². The van der Waals surface area contributed by atoms with Gasteiger partial charge in [-0.2, -0.15) is 0 Å². The number of carbonyl (C=O) groups is 1. The zero-order chi connectivity index (χ0) is 20.3. The standard InChI is InChI=1S/C21H26N2O3S2/c1-22(2)11-12-23-17-13-16(27-4)9-10-18(17)28-20(19(24)21(23)25)14-5-7-15(26-3)8-6-14/h5-10,13,19-20,24H,11-12H2,1-4H3/t19-,20+/m0/s1. The van der Waals surface area contributed by atoms with Crippen LogP contribution in [0.25, 0.3) is 0 Å². The first kappa shape index (κ1) is 21.0. The molecule has 2 atom stereocenters. The average molecular weight is 419 g/mol. The summed E-state index contributed by atoms with van der Waals surface area (Å²) in [6.45, 7) is 1.25. The zero-order valence-corrected chi connectivity index (χ0v) is 18.2. The molecule has 0 saturated heterocycles. The second-order valence-corrected chi connectivity index (χ2v) is 8.95.